The molecule has 0 aliphatic carbocycles. The first-order valence-electron chi connectivity index (χ1n) is 5.42. The van der Waals surface area contributed by atoms with Gasteiger partial charge < -0.3 is 9.74 Å². The molecule has 2 heterocycles. The normalized spacial score (nSPS) is 16.0. The zero-order valence-corrected chi connectivity index (χ0v) is 9.14. The molecular weight excluding hydrogens is 221 g/mol. The Balaban J connectivity index is 2.05. The summed E-state index contributed by atoms with van der Waals surface area (Å²) in [6, 6.07) is 7.46. The first-order chi connectivity index (χ1) is 8.28. The molecule has 0 saturated carbocycles. The van der Waals surface area contributed by atoms with Crippen molar-refractivity contribution in [3.8, 4) is 5.75 Å². The zero-order valence-electron chi connectivity index (χ0n) is 9.14. The molecule has 0 radical (unpaired) electrons. The van der Waals surface area contributed by atoms with E-state index in [2.05, 4.69) is 4.98 Å². The lowest BCUT2D eigenvalue weighted by atomic mass is 10.1. The van der Waals surface area contributed by atoms with Crippen molar-refractivity contribution in [2.75, 3.05) is 18.0 Å². The third-order valence-corrected chi connectivity index (χ3v) is 3.01. The molecule has 0 bridgehead atoms. The molecule has 0 atom stereocenters. The Morgan fingerprint density at radius 3 is 2.88 bits per heavy atom. The van der Waals surface area contributed by atoms with Crippen LogP contribution in [-0.4, -0.2) is 24.2 Å². The summed E-state index contributed by atoms with van der Waals surface area (Å²) < 4.78 is 12.8. The number of hydrogen-bond acceptors (Lipinski definition) is 4. The van der Waals surface area contributed by atoms with Crippen LogP contribution in [0.1, 0.15) is 0 Å². The largest absolute Gasteiger partial charge is 0.411 e. The first kappa shape index (κ1) is 10.3. The molecule has 17 heavy (non-hydrogen) atoms. The van der Waals surface area contributed by atoms with E-state index in [1.165, 1.54) is 0 Å². The number of fused-ring (bicyclic) bond motifs is 1. The van der Waals surface area contributed by atoms with Gasteiger partial charge in [-0.3, -0.25) is 4.98 Å². The molecule has 2 N–H and O–H groups in total. The van der Waals surface area contributed by atoms with Gasteiger partial charge in [0, 0.05) is 23.3 Å². The molecule has 1 aliphatic rings. The number of halogens is 1. The number of nitrogens with zero attached hydrogens (tertiary/aromatic N) is 2. The van der Waals surface area contributed by atoms with E-state index in [1.54, 1.807) is 12.3 Å². The lowest BCUT2D eigenvalue weighted by Crippen LogP contribution is -2.48. The van der Waals surface area contributed by atoms with E-state index in [1.807, 2.05) is 23.1 Å². The Bertz CT molecular complexity index is 554. The van der Waals surface area contributed by atoms with E-state index in [0.717, 1.165) is 16.6 Å². The lowest BCUT2D eigenvalue weighted by Gasteiger charge is -2.36. The molecule has 1 aliphatic heterocycles. The highest BCUT2D eigenvalue weighted by Crippen LogP contribution is 2.30. The minimum atomic E-state index is -0.718. The number of pyridine rings is 1. The van der Waals surface area contributed by atoms with E-state index in [4.69, 9.17) is 10.7 Å². The van der Waals surface area contributed by atoms with Gasteiger partial charge in [-0.05, 0) is 18.2 Å². The van der Waals surface area contributed by atoms with E-state index < -0.39 is 6.17 Å². The number of rotatable bonds is 2. The van der Waals surface area contributed by atoms with Crippen LogP contribution in [0.2, 0.25) is 0 Å². The number of nitrogens with two attached hydrogens (primary N) is 1. The second-order valence-corrected chi connectivity index (χ2v) is 4.13. The minimum absolute atomic E-state index is 0.449. The van der Waals surface area contributed by atoms with Crippen molar-refractivity contribution in [3.63, 3.8) is 0 Å². The Morgan fingerprint density at radius 2 is 2.18 bits per heavy atom. The van der Waals surface area contributed by atoms with Gasteiger partial charge in [0.1, 0.15) is 6.17 Å². The maximum absolute atomic E-state index is 12.8. The van der Waals surface area contributed by atoms with E-state index in [-0.39, 0.29) is 0 Å². The predicted molar refractivity (Wildman–Crippen MR) is 63.7 cm³/mol. The second kappa shape index (κ2) is 3.85. The average molecular weight is 233 g/mol. The molecule has 1 saturated heterocycles. The van der Waals surface area contributed by atoms with Crippen molar-refractivity contribution in [2.24, 2.45) is 5.90 Å². The average Bonchev–Trinajstić information content (AvgIpc) is 2.33. The quantitative estimate of drug-likeness (QED) is 0.801. The second-order valence-electron chi connectivity index (χ2n) is 4.13. The predicted octanol–water partition coefficient (Wildman–Crippen LogP) is 1.65. The van der Waals surface area contributed by atoms with Gasteiger partial charge in [-0.25, -0.2) is 4.39 Å². The summed E-state index contributed by atoms with van der Waals surface area (Å²) >= 11 is 0. The fraction of sp³-hybridized carbons (Fsp3) is 0.250. The molecule has 4 nitrogen and oxygen atoms in total. The van der Waals surface area contributed by atoms with Crippen LogP contribution in [0.15, 0.2) is 30.5 Å². The summed E-state index contributed by atoms with van der Waals surface area (Å²) in [5.74, 6) is 5.79. The van der Waals surface area contributed by atoms with E-state index in [9.17, 15) is 4.39 Å². The molecule has 1 fully saturated rings. The topological polar surface area (TPSA) is 51.4 Å². The van der Waals surface area contributed by atoms with Crippen molar-refractivity contribution in [3.05, 3.63) is 30.5 Å². The Labute approximate surface area is 97.8 Å². The van der Waals surface area contributed by atoms with Crippen LogP contribution >= 0.6 is 0 Å². The number of aromatic nitrogens is 1. The maximum Gasteiger partial charge on any atom is 0.157 e. The maximum atomic E-state index is 12.8. The Hall–Kier alpha value is -1.88. The molecule has 2 aromatic rings. The number of alkyl halides is 1. The van der Waals surface area contributed by atoms with Gasteiger partial charge in [-0.2, -0.15) is 5.90 Å². The smallest absolute Gasteiger partial charge is 0.157 e. The molecule has 5 heteroatoms. The fourth-order valence-corrected chi connectivity index (χ4v) is 2.04. The molecule has 3 rings (SSSR count). The lowest BCUT2D eigenvalue weighted by molar-refractivity contribution is 0.275. The molecule has 1 aromatic carbocycles. The molecule has 1 aromatic heterocycles. The SMILES string of the molecule is NOc1ccnc2ccc(N3CC(F)C3)cc12. The van der Waals surface area contributed by atoms with Gasteiger partial charge >= 0.3 is 0 Å². The third-order valence-electron chi connectivity index (χ3n) is 3.01. The monoisotopic (exact) mass is 233 g/mol. The van der Waals surface area contributed by atoms with Crippen molar-refractivity contribution >= 4 is 16.6 Å². The summed E-state index contributed by atoms with van der Waals surface area (Å²) in [6.07, 6.45) is 0.927. The van der Waals surface area contributed by atoms with Crippen molar-refractivity contribution in [1.82, 2.24) is 4.98 Å². The minimum Gasteiger partial charge on any atom is -0.411 e. The first-order valence-corrected chi connectivity index (χ1v) is 5.42. The fourth-order valence-electron chi connectivity index (χ4n) is 2.04. The highest BCUT2D eigenvalue weighted by Gasteiger charge is 2.26. The van der Waals surface area contributed by atoms with Gasteiger partial charge in [0.2, 0.25) is 0 Å². The van der Waals surface area contributed by atoms with Crippen molar-refractivity contribution in [1.29, 1.82) is 0 Å². The molecule has 88 valence electrons. The van der Waals surface area contributed by atoms with Crippen molar-refractivity contribution in [2.45, 2.75) is 6.17 Å². The Kier molecular flexibility index (Phi) is 2.33. The summed E-state index contributed by atoms with van der Waals surface area (Å²) in [5, 5.41) is 0.842. The molecular formula is C12H12FN3O. The van der Waals surface area contributed by atoms with E-state index in [0.29, 0.717) is 18.8 Å². The molecule has 0 amide bonds. The van der Waals surface area contributed by atoms with Crippen LogP contribution in [0.4, 0.5) is 10.1 Å². The van der Waals surface area contributed by atoms with Crippen LogP contribution in [-0.2, 0) is 0 Å². The molecule has 0 spiro atoms. The van der Waals surface area contributed by atoms with E-state index >= 15 is 0 Å². The van der Waals surface area contributed by atoms with Gasteiger partial charge in [0.05, 0.1) is 18.6 Å². The van der Waals surface area contributed by atoms with Gasteiger partial charge in [-0.1, -0.05) is 0 Å². The van der Waals surface area contributed by atoms with Crippen LogP contribution in [0.3, 0.4) is 0 Å². The highest BCUT2D eigenvalue weighted by molar-refractivity contribution is 5.88. The zero-order chi connectivity index (χ0) is 11.8. The van der Waals surface area contributed by atoms with Gasteiger partial charge in [0.25, 0.3) is 0 Å². The van der Waals surface area contributed by atoms with Gasteiger partial charge in [0.15, 0.2) is 5.75 Å². The number of benzene rings is 1. The summed E-state index contributed by atoms with van der Waals surface area (Å²) in [7, 11) is 0. The van der Waals surface area contributed by atoms with Crippen molar-refractivity contribution < 1.29 is 9.23 Å². The highest BCUT2D eigenvalue weighted by atomic mass is 19.1. The third kappa shape index (κ3) is 1.68. The van der Waals surface area contributed by atoms with Crippen LogP contribution < -0.4 is 15.6 Å². The number of hydrogen-bond donors (Lipinski definition) is 1. The standard InChI is InChI=1S/C12H12FN3O/c13-8-6-16(7-8)9-1-2-11-10(5-9)12(17-14)3-4-15-11/h1-5,8H,6-7,14H2. The molecule has 0 unspecified atom stereocenters. The van der Waals surface area contributed by atoms with Crippen LogP contribution in [0, 0.1) is 0 Å². The summed E-state index contributed by atoms with van der Waals surface area (Å²) in [5.41, 5.74) is 1.78. The van der Waals surface area contributed by atoms with Crippen LogP contribution in [0.5, 0.6) is 5.75 Å². The Morgan fingerprint density at radius 1 is 1.35 bits per heavy atom. The summed E-state index contributed by atoms with van der Waals surface area (Å²) in [6.45, 7) is 0.898. The number of anilines is 1. The summed E-state index contributed by atoms with van der Waals surface area (Å²) in [4.78, 5) is 11.0. The van der Waals surface area contributed by atoms with Gasteiger partial charge in [-0.15, -0.1) is 0 Å². The van der Waals surface area contributed by atoms with Crippen LogP contribution in [0.25, 0.3) is 10.9 Å².